The van der Waals surface area contributed by atoms with E-state index in [4.69, 9.17) is 4.74 Å². The molecule has 25 heavy (non-hydrogen) atoms. The summed E-state index contributed by atoms with van der Waals surface area (Å²) in [5.41, 5.74) is 2.81. The van der Waals surface area contributed by atoms with Crippen LogP contribution in [0.2, 0.25) is 0 Å². The Morgan fingerprint density at radius 3 is 2.96 bits per heavy atom. The second-order valence-corrected chi connectivity index (χ2v) is 6.40. The molecule has 0 aromatic carbocycles. The fourth-order valence-corrected chi connectivity index (χ4v) is 3.44. The maximum absolute atomic E-state index is 10.5. The maximum Gasteiger partial charge on any atom is 0.159 e. The lowest BCUT2D eigenvalue weighted by atomic mass is 10.2. The zero-order valence-corrected chi connectivity index (χ0v) is 14.6. The molecule has 1 saturated heterocycles. The Balaban J connectivity index is 1.59. The summed E-state index contributed by atoms with van der Waals surface area (Å²) in [5.74, 6) is 0.685. The average Bonchev–Trinajstić information content (AvgIpc) is 3.28. The van der Waals surface area contributed by atoms with Gasteiger partial charge in [0.15, 0.2) is 11.4 Å². The highest BCUT2D eigenvalue weighted by Gasteiger charge is 2.34. The van der Waals surface area contributed by atoms with Crippen LogP contribution in [0.4, 0.5) is 5.69 Å². The van der Waals surface area contributed by atoms with Gasteiger partial charge in [0, 0.05) is 26.3 Å². The van der Waals surface area contributed by atoms with Crippen LogP contribution in [0, 0.1) is 6.92 Å². The number of aryl methyl sites for hydroxylation is 3. The first-order valence-corrected chi connectivity index (χ1v) is 8.47. The number of pyridine rings is 1. The Bertz CT molecular complexity index is 902. The molecule has 0 saturated carbocycles. The largest absolute Gasteiger partial charge is 0.482 e. The first-order chi connectivity index (χ1) is 12.1. The first-order valence-electron chi connectivity index (χ1n) is 8.47. The fourth-order valence-electron chi connectivity index (χ4n) is 3.44. The van der Waals surface area contributed by atoms with Crippen molar-refractivity contribution in [1.29, 1.82) is 0 Å². The molecule has 1 aliphatic rings. The number of ether oxygens (including phenoxy) is 1. The summed E-state index contributed by atoms with van der Waals surface area (Å²) < 4.78 is 9.55. The lowest BCUT2D eigenvalue weighted by molar-refractivity contribution is 0.0737. The Hall–Kier alpha value is -2.61. The minimum absolute atomic E-state index is 0.297. The molecular weight excluding hydrogens is 320 g/mol. The van der Waals surface area contributed by atoms with Gasteiger partial charge in [0.2, 0.25) is 0 Å². The van der Waals surface area contributed by atoms with Gasteiger partial charge in [0.25, 0.3) is 0 Å². The highest BCUT2D eigenvalue weighted by Crippen LogP contribution is 2.31. The normalized spacial score (nSPS) is 20.6. The van der Waals surface area contributed by atoms with Crippen molar-refractivity contribution in [3.8, 4) is 5.75 Å². The average molecular weight is 342 g/mol. The summed E-state index contributed by atoms with van der Waals surface area (Å²) in [6, 6.07) is 1.97. The van der Waals surface area contributed by atoms with Crippen molar-refractivity contribution in [2.45, 2.75) is 32.6 Å². The molecule has 0 bridgehead atoms. The third kappa shape index (κ3) is 2.72. The molecule has 132 valence electrons. The van der Waals surface area contributed by atoms with Crippen LogP contribution >= 0.6 is 0 Å². The lowest BCUT2D eigenvalue weighted by Crippen LogP contribution is -2.29. The van der Waals surface area contributed by atoms with Crippen molar-refractivity contribution < 1.29 is 9.84 Å². The van der Waals surface area contributed by atoms with E-state index in [-0.39, 0.29) is 6.10 Å². The van der Waals surface area contributed by atoms with Crippen LogP contribution in [0.3, 0.4) is 0 Å². The minimum atomic E-state index is -0.565. The van der Waals surface area contributed by atoms with E-state index in [1.54, 1.807) is 21.8 Å². The van der Waals surface area contributed by atoms with Gasteiger partial charge in [0.05, 0.1) is 35.7 Å². The number of aromatic nitrogens is 5. The van der Waals surface area contributed by atoms with E-state index < -0.39 is 6.10 Å². The molecule has 0 radical (unpaired) electrons. The van der Waals surface area contributed by atoms with Gasteiger partial charge < -0.3 is 14.7 Å². The zero-order chi connectivity index (χ0) is 17.6. The number of nitrogens with zero attached hydrogens (tertiary/aromatic N) is 6. The van der Waals surface area contributed by atoms with Crippen molar-refractivity contribution in [1.82, 2.24) is 24.5 Å². The smallest absolute Gasteiger partial charge is 0.159 e. The summed E-state index contributed by atoms with van der Waals surface area (Å²) in [7, 11) is 1.89. The van der Waals surface area contributed by atoms with E-state index in [1.807, 2.05) is 33.2 Å². The number of hydrogen-bond donors (Lipinski definition) is 1. The zero-order valence-electron chi connectivity index (χ0n) is 14.6. The molecule has 1 fully saturated rings. The second kappa shape index (κ2) is 6.03. The van der Waals surface area contributed by atoms with Crippen LogP contribution in [-0.4, -0.2) is 54.9 Å². The molecule has 2 atom stereocenters. The summed E-state index contributed by atoms with van der Waals surface area (Å²) in [6.07, 6.45) is 4.46. The third-order valence-electron chi connectivity index (χ3n) is 4.68. The van der Waals surface area contributed by atoms with Crippen molar-refractivity contribution in [2.24, 2.45) is 7.05 Å². The number of rotatable bonds is 4. The van der Waals surface area contributed by atoms with Crippen LogP contribution in [-0.2, 0) is 13.6 Å². The molecule has 1 aliphatic heterocycles. The predicted octanol–water partition coefficient (Wildman–Crippen LogP) is 1.12. The van der Waals surface area contributed by atoms with Crippen molar-refractivity contribution in [2.75, 3.05) is 18.0 Å². The SMILES string of the molecule is CCn1cc(O[C@@H]2CN(c3ccnc4c3c(C)nn4C)C[C@H]2O)cn1. The molecule has 1 N–H and O–H groups in total. The number of anilines is 1. The van der Waals surface area contributed by atoms with Gasteiger partial charge in [-0.05, 0) is 19.9 Å². The molecule has 4 heterocycles. The summed E-state index contributed by atoms with van der Waals surface area (Å²) in [6.45, 7) is 5.91. The fraction of sp³-hybridized carbons (Fsp3) is 0.471. The Morgan fingerprint density at radius 1 is 1.36 bits per heavy atom. The van der Waals surface area contributed by atoms with E-state index in [0.29, 0.717) is 18.8 Å². The van der Waals surface area contributed by atoms with E-state index in [0.717, 1.165) is 29.0 Å². The molecule has 8 heteroatoms. The molecule has 3 aromatic rings. The Labute approximate surface area is 145 Å². The lowest BCUT2D eigenvalue weighted by Gasteiger charge is -2.19. The summed E-state index contributed by atoms with van der Waals surface area (Å²) in [4.78, 5) is 6.56. The quantitative estimate of drug-likeness (QED) is 0.765. The highest BCUT2D eigenvalue weighted by atomic mass is 16.5. The molecular formula is C17H22N6O2. The number of β-amino-alcohol motifs (C(OH)–C–C–N with tert-alkyl or cyclic N) is 1. The van der Waals surface area contributed by atoms with Crippen LogP contribution in [0.15, 0.2) is 24.7 Å². The number of aliphatic hydroxyl groups is 1. The number of aliphatic hydroxyl groups excluding tert-OH is 1. The topological polar surface area (TPSA) is 81.2 Å². The molecule has 0 aliphatic carbocycles. The standard InChI is InChI=1S/C17H22N6O2/c1-4-23-8-12(7-19-23)25-15-10-22(9-14(15)24)13-5-6-18-17-16(13)11(2)20-21(17)3/h5-8,14-15,24H,4,9-10H2,1-3H3/t14-,15-/m1/s1. The summed E-state index contributed by atoms with van der Waals surface area (Å²) in [5, 5.41) is 20.2. The Morgan fingerprint density at radius 2 is 2.20 bits per heavy atom. The van der Waals surface area contributed by atoms with Gasteiger partial charge in [0.1, 0.15) is 12.2 Å². The monoisotopic (exact) mass is 342 g/mol. The van der Waals surface area contributed by atoms with Crippen molar-refractivity contribution >= 4 is 16.7 Å². The van der Waals surface area contributed by atoms with Gasteiger partial charge in [-0.25, -0.2) is 4.98 Å². The van der Waals surface area contributed by atoms with Gasteiger partial charge in [-0.2, -0.15) is 10.2 Å². The Kier molecular flexibility index (Phi) is 3.84. The van der Waals surface area contributed by atoms with Crippen molar-refractivity contribution in [3.63, 3.8) is 0 Å². The van der Waals surface area contributed by atoms with Crippen LogP contribution in [0.25, 0.3) is 11.0 Å². The summed E-state index contributed by atoms with van der Waals surface area (Å²) >= 11 is 0. The van der Waals surface area contributed by atoms with Gasteiger partial charge in [-0.15, -0.1) is 0 Å². The van der Waals surface area contributed by atoms with Crippen LogP contribution in [0.1, 0.15) is 12.6 Å². The molecule has 4 rings (SSSR count). The maximum atomic E-state index is 10.5. The highest BCUT2D eigenvalue weighted by molar-refractivity contribution is 5.92. The van der Waals surface area contributed by atoms with Gasteiger partial charge in [-0.3, -0.25) is 9.36 Å². The molecule has 0 spiro atoms. The van der Waals surface area contributed by atoms with Gasteiger partial charge >= 0.3 is 0 Å². The molecule has 3 aromatic heterocycles. The second-order valence-electron chi connectivity index (χ2n) is 6.40. The third-order valence-corrected chi connectivity index (χ3v) is 4.68. The van der Waals surface area contributed by atoms with Crippen LogP contribution < -0.4 is 9.64 Å². The number of fused-ring (bicyclic) bond motifs is 1. The minimum Gasteiger partial charge on any atom is -0.482 e. The van der Waals surface area contributed by atoms with Crippen LogP contribution in [0.5, 0.6) is 5.75 Å². The van der Waals surface area contributed by atoms with Crippen molar-refractivity contribution in [3.05, 3.63) is 30.4 Å². The predicted molar refractivity (Wildman–Crippen MR) is 93.8 cm³/mol. The first kappa shape index (κ1) is 15.9. The molecule has 0 unspecified atom stereocenters. The van der Waals surface area contributed by atoms with E-state index in [9.17, 15) is 5.11 Å². The van der Waals surface area contributed by atoms with Gasteiger partial charge in [-0.1, -0.05) is 0 Å². The molecule has 0 amide bonds. The van der Waals surface area contributed by atoms with E-state index in [2.05, 4.69) is 20.1 Å². The van der Waals surface area contributed by atoms with E-state index >= 15 is 0 Å². The molecule has 8 nitrogen and oxygen atoms in total. The van der Waals surface area contributed by atoms with E-state index in [1.165, 1.54) is 0 Å². The number of hydrogen-bond acceptors (Lipinski definition) is 6.